The van der Waals surface area contributed by atoms with Gasteiger partial charge in [0.15, 0.2) is 22.7 Å². The number of amides is 1. The summed E-state index contributed by atoms with van der Waals surface area (Å²) in [5, 5.41) is 2.78. The number of ether oxygens (including phenoxy) is 2. The topological polar surface area (TPSA) is 109 Å². The van der Waals surface area contributed by atoms with Crippen molar-refractivity contribution in [1.82, 2.24) is 18.7 Å². The molecule has 4 rings (SSSR count). The molecule has 0 radical (unpaired) electrons. The Morgan fingerprint density at radius 2 is 1.93 bits per heavy atom. The number of hydrogen-bond donors (Lipinski definition) is 1. The van der Waals surface area contributed by atoms with Crippen molar-refractivity contribution in [3.05, 3.63) is 45.4 Å². The van der Waals surface area contributed by atoms with Gasteiger partial charge in [0.25, 0.3) is 5.56 Å². The Hall–Kier alpha value is -3.56. The summed E-state index contributed by atoms with van der Waals surface area (Å²) in [4.78, 5) is 41.4. The number of imidazole rings is 1. The maximum atomic E-state index is 12.7. The summed E-state index contributed by atoms with van der Waals surface area (Å²) in [5.74, 6) is 0.826. The predicted molar refractivity (Wildman–Crippen MR) is 96.1 cm³/mol. The van der Waals surface area contributed by atoms with Gasteiger partial charge in [0.2, 0.25) is 12.7 Å². The van der Waals surface area contributed by atoms with Crippen LogP contribution < -0.4 is 26.0 Å². The van der Waals surface area contributed by atoms with Crippen molar-refractivity contribution in [2.24, 2.45) is 14.1 Å². The standard InChI is InChI=1S/C17H17N5O5/c1-9(15(23)19-10-4-5-11-12(6-10)27-8-26-11)22-7-18-14-13(22)16(24)21(3)17(25)20(14)2/h4-7,9H,8H2,1-3H3,(H,19,23)/t9-/m0/s1. The molecule has 0 aliphatic carbocycles. The van der Waals surface area contributed by atoms with Crippen LogP contribution in [0.25, 0.3) is 11.2 Å². The number of nitrogens with one attached hydrogen (secondary N) is 1. The zero-order chi connectivity index (χ0) is 19.3. The van der Waals surface area contributed by atoms with Gasteiger partial charge in [-0.1, -0.05) is 0 Å². The minimum Gasteiger partial charge on any atom is -0.454 e. The zero-order valence-electron chi connectivity index (χ0n) is 14.9. The largest absolute Gasteiger partial charge is 0.454 e. The van der Waals surface area contributed by atoms with E-state index in [0.29, 0.717) is 17.2 Å². The van der Waals surface area contributed by atoms with Crippen LogP contribution in [0, 0.1) is 0 Å². The quantitative estimate of drug-likeness (QED) is 0.712. The van der Waals surface area contributed by atoms with Gasteiger partial charge in [0.05, 0.1) is 6.33 Å². The first kappa shape index (κ1) is 16.9. The Balaban J connectivity index is 1.68. The van der Waals surface area contributed by atoms with Crippen molar-refractivity contribution < 1.29 is 14.3 Å². The summed E-state index contributed by atoms with van der Waals surface area (Å²) >= 11 is 0. The van der Waals surface area contributed by atoms with Crippen molar-refractivity contribution in [1.29, 1.82) is 0 Å². The number of fused-ring (bicyclic) bond motifs is 2. The molecule has 0 spiro atoms. The Kier molecular flexibility index (Phi) is 3.76. The molecule has 0 saturated heterocycles. The van der Waals surface area contributed by atoms with Crippen LogP contribution in [0.1, 0.15) is 13.0 Å². The number of aryl methyl sites for hydroxylation is 1. The molecule has 27 heavy (non-hydrogen) atoms. The number of carbonyl (C=O) groups is 1. The molecule has 140 valence electrons. The number of benzene rings is 1. The van der Waals surface area contributed by atoms with Crippen LogP contribution in [-0.4, -0.2) is 31.4 Å². The Labute approximate surface area is 152 Å². The molecule has 3 heterocycles. The summed E-state index contributed by atoms with van der Waals surface area (Å²) < 4.78 is 14.3. The lowest BCUT2D eigenvalue weighted by Gasteiger charge is -2.15. The second-order valence-corrected chi connectivity index (χ2v) is 6.26. The highest BCUT2D eigenvalue weighted by molar-refractivity contribution is 5.94. The first-order valence-corrected chi connectivity index (χ1v) is 8.21. The van der Waals surface area contributed by atoms with Crippen LogP contribution in [0.15, 0.2) is 34.1 Å². The zero-order valence-corrected chi connectivity index (χ0v) is 14.9. The molecule has 3 aromatic rings. The van der Waals surface area contributed by atoms with E-state index in [4.69, 9.17) is 9.47 Å². The Bertz CT molecular complexity index is 1190. The van der Waals surface area contributed by atoms with Gasteiger partial charge in [-0.2, -0.15) is 0 Å². The molecule has 1 aromatic carbocycles. The van der Waals surface area contributed by atoms with Gasteiger partial charge in [0.1, 0.15) is 6.04 Å². The van der Waals surface area contributed by atoms with Gasteiger partial charge in [-0.05, 0) is 19.1 Å². The lowest BCUT2D eigenvalue weighted by molar-refractivity contribution is -0.118. The van der Waals surface area contributed by atoms with E-state index in [0.717, 1.165) is 4.57 Å². The van der Waals surface area contributed by atoms with Crippen molar-refractivity contribution >= 4 is 22.8 Å². The third-order valence-electron chi connectivity index (χ3n) is 4.61. The van der Waals surface area contributed by atoms with E-state index >= 15 is 0 Å². The molecule has 0 fully saturated rings. The van der Waals surface area contributed by atoms with Crippen LogP contribution in [0.2, 0.25) is 0 Å². The normalized spacial score (nSPS) is 13.7. The summed E-state index contributed by atoms with van der Waals surface area (Å²) in [6.45, 7) is 1.79. The van der Waals surface area contributed by atoms with E-state index in [9.17, 15) is 14.4 Å². The van der Waals surface area contributed by atoms with Crippen molar-refractivity contribution in [2.45, 2.75) is 13.0 Å². The monoisotopic (exact) mass is 371 g/mol. The molecular formula is C17H17N5O5. The van der Waals surface area contributed by atoms with E-state index in [2.05, 4.69) is 10.3 Å². The van der Waals surface area contributed by atoms with Gasteiger partial charge >= 0.3 is 5.69 Å². The van der Waals surface area contributed by atoms with Crippen molar-refractivity contribution in [2.75, 3.05) is 12.1 Å². The van der Waals surface area contributed by atoms with Gasteiger partial charge in [-0.3, -0.25) is 18.7 Å². The number of nitrogens with zero attached hydrogens (tertiary/aromatic N) is 4. The third kappa shape index (κ3) is 2.57. The maximum absolute atomic E-state index is 12.7. The van der Waals surface area contributed by atoms with E-state index < -0.39 is 17.3 Å². The Morgan fingerprint density at radius 3 is 2.70 bits per heavy atom. The highest BCUT2D eigenvalue weighted by atomic mass is 16.7. The SMILES string of the molecule is C[C@@H](C(=O)Nc1ccc2c(c1)OCO2)n1cnc2c1c(=O)n(C)c(=O)n2C. The first-order valence-electron chi connectivity index (χ1n) is 8.21. The molecule has 0 saturated carbocycles. The summed E-state index contributed by atoms with van der Waals surface area (Å²) in [6.07, 6.45) is 1.38. The highest BCUT2D eigenvalue weighted by Gasteiger charge is 2.22. The van der Waals surface area contributed by atoms with Crippen LogP contribution in [0.5, 0.6) is 11.5 Å². The van der Waals surface area contributed by atoms with Gasteiger partial charge in [0, 0.05) is 25.8 Å². The average molecular weight is 371 g/mol. The van der Waals surface area contributed by atoms with Gasteiger partial charge < -0.3 is 19.4 Å². The number of aromatic nitrogens is 4. The van der Waals surface area contributed by atoms with Crippen LogP contribution in [0.3, 0.4) is 0 Å². The molecule has 1 N–H and O–H groups in total. The molecule has 1 atom stereocenters. The molecule has 1 aliphatic heterocycles. The fourth-order valence-corrected chi connectivity index (χ4v) is 3.01. The number of hydrogen-bond acceptors (Lipinski definition) is 6. The maximum Gasteiger partial charge on any atom is 0.332 e. The Morgan fingerprint density at radius 1 is 1.19 bits per heavy atom. The number of carbonyl (C=O) groups excluding carboxylic acids is 1. The van der Waals surface area contributed by atoms with E-state index in [1.807, 2.05) is 0 Å². The molecule has 10 nitrogen and oxygen atoms in total. The second-order valence-electron chi connectivity index (χ2n) is 6.26. The minimum absolute atomic E-state index is 0.145. The summed E-state index contributed by atoms with van der Waals surface area (Å²) in [6, 6.07) is 4.35. The molecule has 1 amide bonds. The van der Waals surface area contributed by atoms with E-state index in [1.165, 1.54) is 29.6 Å². The molecule has 0 bridgehead atoms. The lowest BCUT2D eigenvalue weighted by Crippen LogP contribution is -2.38. The van der Waals surface area contributed by atoms with Crippen molar-refractivity contribution in [3.8, 4) is 11.5 Å². The van der Waals surface area contributed by atoms with Crippen LogP contribution in [-0.2, 0) is 18.9 Å². The van der Waals surface area contributed by atoms with Crippen LogP contribution >= 0.6 is 0 Å². The fraction of sp³-hybridized carbons (Fsp3) is 0.294. The minimum atomic E-state index is -0.731. The number of anilines is 1. The average Bonchev–Trinajstić information content (AvgIpc) is 3.30. The summed E-state index contributed by atoms with van der Waals surface area (Å²) in [7, 11) is 2.91. The van der Waals surface area contributed by atoms with Gasteiger partial charge in [-0.25, -0.2) is 9.78 Å². The van der Waals surface area contributed by atoms with E-state index in [1.54, 1.807) is 25.1 Å². The molecule has 10 heteroatoms. The third-order valence-corrected chi connectivity index (χ3v) is 4.61. The van der Waals surface area contributed by atoms with Gasteiger partial charge in [-0.15, -0.1) is 0 Å². The first-order chi connectivity index (χ1) is 12.9. The van der Waals surface area contributed by atoms with Crippen LogP contribution in [0.4, 0.5) is 5.69 Å². The molecular weight excluding hydrogens is 354 g/mol. The molecule has 1 aliphatic rings. The second kappa shape index (κ2) is 6.01. The van der Waals surface area contributed by atoms with Crippen molar-refractivity contribution in [3.63, 3.8) is 0 Å². The lowest BCUT2D eigenvalue weighted by atomic mass is 10.2. The number of rotatable bonds is 3. The fourth-order valence-electron chi connectivity index (χ4n) is 3.01. The molecule has 2 aromatic heterocycles. The predicted octanol–water partition coefficient (Wildman–Crippen LogP) is 0.362. The smallest absolute Gasteiger partial charge is 0.332 e. The highest BCUT2D eigenvalue weighted by Crippen LogP contribution is 2.34. The summed E-state index contributed by atoms with van der Waals surface area (Å²) in [5.41, 5.74) is -0.0249. The molecule has 0 unspecified atom stereocenters. The van der Waals surface area contributed by atoms with E-state index in [-0.39, 0.29) is 23.9 Å².